The van der Waals surface area contributed by atoms with Gasteiger partial charge in [0, 0.05) is 12.1 Å². The molecule has 0 spiro atoms. The SMILES string of the molecule is Cc1cc(CN)c2c(c1)OCO2. The van der Waals surface area contributed by atoms with E-state index in [1.807, 2.05) is 19.1 Å². The van der Waals surface area contributed by atoms with Crippen LogP contribution in [0.3, 0.4) is 0 Å². The fraction of sp³-hybridized carbons (Fsp3) is 0.333. The molecule has 0 aromatic heterocycles. The first kappa shape index (κ1) is 7.43. The van der Waals surface area contributed by atoms with Gasteiger partial charge >= 0.3 is 0 Å². The predicted octanol–water partition coefficient (Wildman–Crippen LogP) is 1.18. The summed E-state index contributed by atoms with van der Waals surface area (Å²) in [6.45, 7) is 2.82. The minimum Gasteiger partial charge on any atom is -0.454 e. The summed E-state index contributed by atoms with van der Waals surface area (Å²) in [7, 11) is 0. The van der Waals surface area contributed by atoms with E-state index in [1.165, 1.54) is 0 Å². The Morgan fingerprint density at radius 3 is 3.00 bits per heavy atom. The Morgan fingerprint density at radius 2 is 2.25 bits per heavy atom. The molecule has 1 aliphatic heterocycles. The number of aryl methyl sites for hydroxylation is 1. The largest absolute Gasteiger partial charge is 0.454 e. The smallest absolute Gasteiger partial charge is 0.231 e. The van der Waals surface area contributed by atoms with Gasteiger partial charge in [0.1, 0.15) is 0 Å². The lowest BCUT2D eigenvalue weighted by molar-refractivity contribution is 0.173. The zero-order chi connectivity index (χ0) is 8.55. The second kappa shape index (κ2) is 2.68. The number of rotatable bonds is 1. The summed E-state index contributed by atoms with van der Waals surface area (Å²) in [5.41, 5.74) is 7.72. The maximum absolute atomic E-state index is 5.56. The monoisotopic (exact) mass is 165 g/mol. The topological polar surface area (TPSA) is 44.5 Å². The maximum atomic E-state index is 5.56. The zero-order valence-electron chi connectivity index (χ0n) is 6.96. The van der Waals surface area contributed by atoms with Crippen LogP contribution in [0, 0.1) is 6.92 Å². The third-order valence-electron chi connectivity index (χ3n) is 1.91. The summed E-state index contributed by atoms with van der Waals surface area (Å²) < 4.78 is 10.5. The molecule has 0 unspecified atom stereocenters. The predicted molar refractivity (Wildman–Crippen MR) is 45.2 cm³/mol. The summed E-state index contributed by atoms with van der Waals surface area (Å²) in [5, 5.41) is 0. The molecule has 0 bridgehead atoms. The van der Waals surface area contributed by atoms with E-state index in [4.69, 9.17) is 15.2 Å². The molecular weight excluding hydrogens is 154 g/mol. The molecule has 0 aliphatic carbocycles. The van der Waals surface area contributed by atoms with Gasteiger partial charge in [-0.25, -0.2) is 0 Å². The van der Waals surface area contributed by atoms with Gasteiger partial charge in [-0.05, 0) is 18.6 Å². The normalized spacial score (nSPS) is 13.5. The van der Waals surface area contributed by atoms with E-state index in [0.717, 1.165) is 22.6 Å². The van der Waals surface area contributed by atoms with Crippen molar-refractivity contribution in [3.8, 4) is 11.5 Å². The van der Waals surface area contributed by atoms with Gasteiger partial charge < -0.3 is 15.2 Å². The minimum absolute atomic E-state index is 0.311. The Kier molecular flexibility index (Phi) is 1.66. The van der Waals surface area contributed by atoms with Crippen molar-refractivity contribution in [2.75, 3.05) is 6.79 Å². The second-order valence-corrected chi connectivity index (χ2v) is 2.86. The number of fused-ring (bicyclic) bond motifs is 1. The van der Waals surface area contributed by atoms with E-state index < -0.39 is 0 Å². The number of hydrogen-bond donors (Lipinski definition) is 1. The Hall–Kier alpha value is -1.22. The van der Waals surface area contributed by atoms with Crippen LogP contribution < -0.4 is 15.2 Å². The Bertz CT molecular complexity index is 310. The van der Waals surface area contributed by atoms with E-state index in [-0.39, 0.29) is 0 Å². The minimum atomic E-state index is 0.311. The number of nitrogens with two attached hydrogens (primary N) is 1. The Labute approximate surface area is 71.1 Å². The zero-order valence-corrected chi connectivity index (χ0v) is 6.96. The summed E-state index contributed by atoms with van der Waals surface area (Å²) in [5.74, 6) is 1.62. The first-order valence-corrected chi connectivity index (χ1v) is 3.90. The fourth-order valence-electron chi connectivity index (χ4n) is 1.39. The second-order valence-electron chi connectivity index (χ2n) is 2.86. The molecule has 0 saturated carbocycles. The summed E-state index contributed by atoms with van der Waals surface area (Å²) >= 11 is 0. The van der Waals surface area contributed by atoms with Crippen molar-refractivity contribution >= 4 is 0 Å². The van der Waals surface area contributed by atoms with E-state index in [2.05, 4.69) is 0 Å². The van der Waals surface area contributed by atoms with Gasteiger partial charge in [0.05, 0.1) is 0 Å². The Morgan fingerprint density at radius 1 is 1.42 bits per heavy atom. The van der Waals surface area contributed by atoms with Crippen LogP contribution in [0.2, 0.25) is 0 Å². The number of ether oxygens (including phenoxy) is 2. The quantitative estimate of drug-likeness (QED) is 0.679. The van der Waals surface area contributed by atoms with Crippen LogP contribution in [0.5, 0.6) is 11.5 Å². The average molecular weight is 165 g/mol. The van der Waals surface area contributed by atoms with Gasteiger partial charge in [0.25, 0.3) is 0 Å². The van der Waals surface area contributed by atoms with Crippen LogP contribution in [0.15, 0.2) is 12.1 Å². The van der Waals surface area contributed by atoms with E-state index in [0.29, 0.717) is 13.3 Å². The van der Waals surface area contributed by atoms with Gasteiger partial charge in [0.2, 0.25) is 6.79 Å². The molecule has 2 N–H and O–H groups in total. The molecule has 0 radical (unpaired) electrons. The molecule has 3 nitrogen and oxygen atoms in total. The van der Waals surface area contributed by atoms with Crippen molar-refractivity contribution in [1.29, 1.82) is 0 Å². The van der Waals surface area contributed by atoms with Crippen LogP contribution in [0.1, 0.15) is 11.1 Å². The molecule has 64 valence electrons. The molecule has 0 saturated heterocycles. The lowest BCUT2D eigenvalue weighted by Crippen LogP contribution is -1.99. The molecule has 2 rings (SSSR count). The summed E-state index contributed by atoms with van der Waals surface area (Å²) in [6, 6.07) is 3.98. The molecule has 0 amide bonds. The van der Waals surface area contributed by atoms with Crippen molar-refractivity contribution in [1.82, 2.24) is 0 Å². The third-order valence-corrected chi connectivity index (χ3v) is 1.91. The molecule has 3 heteroatoms. The molecule has 0 fully saturated rings. The van der Waals surface area contributed by atoms with Crippen LogP contribution in [0.4, 0.5) is 0 Å². The summed E-state index contributed by atoms with van der Waals surface area (Å²) in [6.07, 6.45) is 0. The third kappa shape index (κ3) is 1.02. The number of benzene rings is 1. The van der Waals surface area contributed by atoms with Crippen molar-refractivity contribution in [2.24, 2.45) is 5.73 Å². The highest BCUT2D eigenvalue weighted by Gasteiger charge is 2.16. The lowest BCUT2D eigenvalue weighted by Gasteiger charge is -2.03. The van der Waals surface area contributed by atoms with Crippen LogP contribution in [-0.4, -0.2) is 6.79 Å². The van der Waals surface area contributed by atoms with Gasteiger partial charge in [-0.15, -0.1) is 0 Å². The lowest BCUT2D eigenvalue weighted by atomic mass is 10.1. The summed E-state index contributed by atoms with van der Waals surface area (Å²) in [4.78, 5) is 0. The molecule has 1 aliphatic rings. The van der Waals surface area contributed by atoms with Crippen molar-refractivity contribution in [3.05, 3.63) is 23.3 Å². The molecular formula is C9H11NO2. The van der Waals surface area contributed by atoms with Gasteiger partial charge in [-0.3, -0.25) is 0 Å². The highest BCUT2D eigenvalue weighted by Crippen LogP contribution is 2.36. The van der Waals surface area contributed by atoms with Crippen LogP contribution in [-0.2, 0) is 6.54 Å². The Balaban J connectivity index is 2.55. The first-order chi connectivity index (χ1) is 5.81. The molecule has 1 heterocycles. The van der Waals surface area contributed by atoms with E-state index in [1.54, 1.807) is 0 Å². The fourth-order valence-corrected chi connectivity index (χ4v) is 1.39. The van der Waals surface area contributed by atoms with E-state index >= 15 is 0 Å². The van der Waals surface area contributed by atoms with Gasteiger partial charge in [-0.2, -0.15) is 0 Å². The average Bonchev–Trinajstić information content (AvgIpc) is 2.50. The van der Waals surface area contributed by atoms with Crippen molar-refractivity contribution < 1.29 is 9.47 Å². The molecule has 1 aromatic carbocycles. The molecule has 0 atom stereocenters. The highest BCUT2D eigenvalue weighted by atomic mass is 16.7. The van der Waals surface area contributed by atoms with Crippen LogP contribution >= 0.6 is 0 Å². The first-order valence-electron chi connectivity index (χ1n) is 3.90. The standard InChI is InChI=1S/C9H11NO2/c1-6-2-7(4-10)9-8(3-6)11-5-12-9/h2-3H,4-5,10H2,1H3. The maximum Gasteiger partial charge on any atom is 0.231 e. The van der Waals surface area contributed by atoms with Crippen LogP contribution in [0.25, 0.3) is 0 Å². The van der Waals surface area contributed by atoms with E-state index in [9.17, 15) is 0 Å². The number of hydrogen-bond acceptors (Lipinski definition) is 3. The van der Waals surface area contributed by atoms with Gasteiger partial charge in [0.15, 0.2) is 11.5 Å². The van der Waals surface area contributed by atoms with Crippen molar-refractivity contribution in [2.45, 2.75) is 13.5 Å². The highest BCUT2D eigenvalue weighted by molar-refractivity contribution is 5.50. The molecule has 12 heavy (non-hydrogen) atoms. The van der Waals surface area contributed by atoms with Crippen molar-refractivity contribution in [3.63, 3.8) is 0 Å². The van der Waals surface area contributed by atoms with Gasteiger partial charge in [-0.1, -0.05) is 6.07 Å². The molecule has 1 aromatic rings.